The molecule has 2 fully saturated rings. The van der Waals surface area contributed by atoms with E-state index in [2.05, 4.69) is 9.88 Å². The lowest BCUT2D eigenvalue weighted by molar-refractivity contribution is -0.138. The summed E-state index contributed by atoms with van der Waals surface area (Å²) in [7, 11) is 0. The zero-order valence-electron chi connectivity index (χ0n) is 22.3. The third-order valence-corrected chi connectivity index (χ3v) is 8.06. The first-order valence-corrected chi connectivity index (χ1v) is 13.7. The highest BCUT2D eigenvalue weighted by atomic mass is 16.2. The van der Waals surface area contributed by atoms with Gasteiger partial charge in [0, 0.05) is 37.8 Å². The van der Waals surface area contributed by atoms with Crippen LogP contribution in [0.15, 0.2) is 71.4 Å². The molecule has 3 aromatic rings. The minimum absolute atomic E-state index is 0.0286. The van der Waals surface area contributed by atoms with Gasteiger partial charge < -0.3 is 22.1 Å². The van der Waals surface area contributed by atoms with Crippen LogP contribution in [0.1, 0.15) is 37.3 Å². The minimum atomic E-state index is -0.0286. The van der Waals surface area contributed by atoms with E-state index in [0.717, 1.165) is 67.5 Å². The van der Waals surface area contributed by atoms with Crippen LogP contribution in [0.25, 0.3) is 11.0 Å². The largest absolute Gasteiger partial charge is 0.405 e. The van der Waals surface area contributed by atoms with Gasteiger partial charge >= 0.3 is 5.69 Å². The minimum Gasteiger partial charge on any atom is -0.405 e. The summed E-state index contributed by atoms with van der Waals surface area (Å²) in [5.74, 6) is 0.730. The van der Waals surface area contributed by atoms with E-state index in [1.54, 1.807) is 18.5 Å². The first-order valence-electron chi connectivity index (χ1n) is 13.7. The lowest BCUT2D eigenvalue weighted by Crippen LogP contribution is -2.46. The van der Waals surface area contributed by atoms with Crippen molar-refractivity contribution in [3.05, 3.63) is 82.7 Å². The number of nitrogens with two attached hydrogens (primary N) is 3. The molecular formula is C29H38N8O2. The number of para-hydroxylation sites is 2. The molecular weight excluding hydrogens is 492 g/mol. The van der Waals surface area contributed by atoms with Crippen LogP contribution in [0, 0.1) is 5.92 Å². The SMILES string of the molecule is N/C=C\C(=C/N)CN1CCC(C(=O)N2CCC(n3c(=O)n(Cc4ccnc(N)c4)c4ccccc43)CC2)CC1. The fraction of sp³-hybridized carbons (Fsp3) is 0.414. The summed E-state index contributed by atoms with van der Waals surface area (Å²) in [4.78, 5) is 35.4. The summed E-state index contributed by atoms with van der Waals surface area (Å²) in [6, 6.07) is 11.7. The van der Waals surface area contributed by atoms with Gasteiger partial charge in [0.1, 0.15) is 5.82 Å². The number of nitrogens with zero attached hydrogens (tertiary/aromatic N) is 5. The van der Waals surface area contributed by atoms with Gasteiger partial charge in [0.2, 0.25) is 5.91 Å². The summed E-state index contributed by atoms with van der Waals surface area (Å²) in [6.07, 6.45) is 9.78. The van der Waals surface area contributed by atoms with Crippen LogP contribution in [-0.4, -0.2) is 62.5 Å². The number of hydrogen-bond acceptors (Lipinski definition) is 7. The van der Waals surface area contributed by atoms with E-state index >= 15 is 0 Å². The highest BCUT2D eigenvalue weighted by Gasteiger charge is 2.32. The van der Waals surface area contributed by atoms with E-state index in [1.807, 2.05) is 50.4 Å². The Labute approximate surface area is 228 Å². The molecule has 0 radical (unpaired) electrons. The number of aromatic nitrogens is 3. The van der Waals surface area contributed by atoms with Crippen LogP contribution >= 0.6 is 0 Å². The third kappa shape index (κ3) is 5.70. The molecule has 6 N–H and O–H groups in total. The molecule has 5 rings (SSSR count). The van der Waals surface area contributed by atoms with Gasteiger partial charge in [-0.25, -0.2) is 9.78 Å². The molecule has 39 heavy (non-hydrogen) atoms. The van der Waals surface area contributed by atoms with Crippen molar-refractivity contribution in [1.82, 2.24) is 23.9 Å². The molecule has 1 amide bonds. The van der Waals surface area contributed by atoms with Gasteiger partial charge in [-0.05, 0) is 92.7 Å². The molecule has 1 aromatic carbocycles. The first-order chi connectivity index (χ1) is 19.0. The van der Waals surface area contributed by atoms with Gasteiger partial charge in [-0.1, -0.05) is 12.1 Å². The van der Waals surface area contributed by atoms with E-state index < -0.39 is 0 Å². The van der Waals surface area contributed by atoms with Crippen LogP contribution in [-0.2, 0) is 11.3 Å². The smallest absolute Gasteiger partial charge is 0.329 e. The van der Waals surface area contributed by atoms with Crippen molar-refractivity contribution in [1.29, 1.82) is 0 Å². The lowest BCUT2D eigenvalue weighted by atomic mass is 9.93. The van der Waals surface area contributed by atoms with Crippen molar-refractivity contribution in [2.75, 3.05) is 38.5 Å². The van der Waals surface area contributed by atoms with Gasteiger partial charge in [0.15, 0.2) is 0 Å². The Morgan fingerprint density at radius 3 is 2.38 bits per heavy atom. The maximum atomic E-state index is 13.7. The fourth-order valence-corrected chi connectivity index (χ4v) is 6.00. The summed E-state index contributed by atoms with van der Waals surface area (Å²) in [5.41, 5.74) is 20.8. The van der Waals surface area contributed by atoms with E-state index in [4.69, 9.17) is 17.2 Å². The number of pyridine rings is 1. The molecule has 206 valence electrons. The second kappa shape index (κ2) is 11.8. The number of likely N-dealkylation sites (tertiary alicyclic amines) is 2. The Bertz CT molecular complexity index is 1420. The molecule has 10 heteroatoms. The van der Waals surface area contributed by atoms with Crippen molar-refractivity contribution in [2.24, 2.45) is 17.4 Å². The number of rotatable bonds is 7. The average molecular weight is 531 g/mol. The van der Waals surface area contributed by atoms with Crippen molar-refractivity contribution in [3.8, 4) is 0 Å². The van der Waals surface area contributed by atoms with Gasteiger partial charge in [-0.2, -0.15) is 0 Å². The highest BCUT2D eigenvalue weighted by molar-refractivity contribution is 5.79. The lowest BCUT2D eigenvalue weighted by Gasteiger charge is -2.37. The predicted octanol–water partition coefficient (Wildman–Crippen LogP) is 2.02. The van der Waals surface area contributed by atoms with Crippen molar-refractivity contribution >= 4 is 22.8 Å². The Balaban J connectivity index is 1.23. The molecule has 0 aliphatic carbocycles. The van der Waals surface area contributed by atoms with E-state index in [1.165, 1.54) is 6.20 Å². The van der Waals surface area contributed by atoms with Crippen molar-refractivity contribution < 1.29 is 4.79 Å². The quantitative estimate of drug-likeness (QED) is 0.397. The fourth-order valence-electron chi connectivity index (χ4n) is 6.00. The summed E-state index contributed by atoms with van der Waals surface area (Å²) in [6.45, 7) is 4.23. The van der Waals surface area contributed by atoms with Crippen molar-refractivity contribution in [3.63, 3.8) is 0 Å². The van der Waals surface area contributed by atoms with Crippen LogP contribution in [0.5, 0.6) is 0 Å². The maximum absolute atomic E-state index is 13.7. The molecule has 0 saturated carbocycles. The standard InChI is InChI=1S/C29H38N8O2/c30-11-5-22(18-31)19-34-13-7-23(8-14-34)28(38)35-15-9-24(10-16-35)37-26-4-2-1-3-25(26)36(29(37)39)20-21-6-12-33-27(32)17-21/h1-6,11-12,17-18,23-24H,7-10,13-16,19-20,30-31H2,(H2,32,33)/b11-5-,22-18+. The second-order valence-corrected chi connectivity index (χ2v) is 10.5. The van der Waals surface area contributed by atoms with Gasteiger partial charge in [-0.3, -0.25) is 18.8 Å². The maximum Gasteiger partial charge on any atom is 0.329 e. The van der Waals surface area contributed by atoms with Crippen molar-refractivity contribution in [2.45, 2.75) is 38.3 Å². The van der Waals surface area contributed by atoms with Gasteiger partial charge in [-0.15, -0.1) is 0 Å². The van der Waals surface area contributed by atoms with Gasteiger partial charge in [0.05, 0.1) is 17.6 Å². The Hall–Kier alpha value is -4.05. The molecule has 2 aliphatic heterocycles. The molecule has 0 bridgehead atoms. The third-order valence-electron chi connectivity index (χ3n) is 8.06. The van der Waals surface area contributed by atoms with Crippen LogP contribution in [0.4, 0.5) is 5.82 Å². The van der Waals surface area contributed by atoms with E-state index in [-0.39, 0.29) is 23.6 Å². The second-order valence-electron chi connectivity index (χ2n) is 10.5. The molecule has 0 atom stereocenters. The predicted molar refractivity (Wildman–Crippen MR) is 154 cm³/mol. The number of amides is 1. The molecule has 2 saturated heterocycles. The number of imidazole rings is 1. The normalized spacial score (nSPS) is 18.4. The van der Waals surface area contributed by atoms with E-state index in [9.17, 15) is 9.59 Å². The highest BCUT2D eigenvalue weighted by Crippen LogP contribution is 2.28. The van der Waals surface area contributed by atoms with E-state index in [0.29, 0.717) is 25.5 Å². The van der Waals surface area contributed by atoms with Crippen LogP contribution in [0.2, 0.25) is 0 Å². The first kappa shape index (κ1) is 26.6. The molecule has 0 spiro atoms. The van der Waals surface area contributed by atoms with Crippen LogP contribution < -0.4 is 22.9 Å². The molecule has 0 unspecified atom stereocenters. The zero-order chi connectivity index (χ0) is 27.4. The summed E-state index contributed by atoms with van der Waals surface area (Å²) in [5, 5.41) is 0. The molecule has 2 aliphatic rings. The number of fused-ring (bicyclic) bond motifs is 1. The number of carbonyl (C=O) groups excluding carboxylic acids is 1. The van der Waals surface area contributed by atoms with Gasteiger partial charge in [0.25, 0.3) is 0 Å². The van der Waals surface area contributed by atoms with Crippen LogP contribution in [0.3, 0.4) is 0 Å². The number of benzene rings is 1. The topological polar surface area (TPSA) is 141 Å². The molecule has 2 aromatic heterocycles. The summed E-state index contributed by atoms with van der Waals surface area (Å²) < 4.78 is 3.74. The molecule has 4 heterocycles. The number of piperidine rings is 2. The Kier molecular flexibility index (Phi) is 8.02. The zero-order valence-corrected chi connectivity index (χ0v) is 22.3. The number of carbonyl (C=O) groups is 1. The number of hydrogen-bond donors (Lipinski definition) is 3. The number of nitrogen functional groups attached to an aromatic ring is 1. The molecule has 10 nitrogen and oxygen atoms in total. The number of anilines is 1. The Morgan fingerprint density at radius 1 is 1.00 bits per heavy atom. The average Bonchev–Trinajstić information content (AvgIpc) is 3.23. The summed E-state index contributed by atoms with van der Waals surface area (Å²) >= 11 is 0. The Morgan fingerprint density at radius 2 is 1.72 bits per heavy atom. The monoisotopic (exact) mass is 530 g/mol.